The minimum absolute atomic E-state index is 0.00559. The summed E-state index contributed by atoms with van der Waals surface area (Å²) in [6, 6.07) is 13.3. The number of pyridine rings is 1. The Morgan fingerprint density at radius 3 is 2.45 bits per heavy atom. The molecule has 12 heteroatoms. The second-order valence-corrected chi connectivity index (χ2v) is 11.1. The van der Waals surface area contributed by atoms with Crippen LogP contribution in [0, 0.1) is 17.0 Å². The van der Waals surface area contributed by atoms with Crippen molar-refractivity contribution in [1.82, 2.24) is 14.8 Å². The first-order chi connectivity index (χ1) is 20.0. The van der Waals surface area contributed by atoms with Gasteiger partial charge in [-0.25, -0.2) is 0 Å². The summed E-state index contributed by atoms with van der Waals surface area (Å²) < 4.78 is 45.8. The molecule has 2 aromatic carbocycles. The quantitative estimate of drug-likeness (QED) is 0.273. The maximum Gasteiger partial charge on any atom is 0.423 e. The van der Waals surface area contributed by atoms with Crippen molar-refractivity contribution in [1.29, 1.82) is 0 Å². The van der Waals surface area contributed by atoms with E-state index in [4.69, 9.17) is 9.72 Å². The number of rotatable bonds is 8. The molecule has 0 bridgehead atoms. The van der Waals surface area contributed by atoms with Gasteiger partial charge >= 0.3 is 6.18 Å². The van der Waals surface area contributed by atoms with Crippen LogP contribution in [0.1, 0.15) is 42.5 Å². The molecule has 1 aromatic heterocycles. The Morgan fingerprint density at radius 2 is 1.76 bits per heavy atom. The Bertz CT molecular complexity index is 1430. The van der Waals surface area contributed by atoms with Gasteiger partial charge in [0.15, 0.2) is 0 Å². The molecule has 1 saturated heterocycles. The first kappa shape index (κ1) is 29.7. The van der Waals surface area contributed by atoms with Gasteiger partial charge < -0.3 is 15.0 Å². The Morgan fingerprint density at radius 1 is 1.05 bits per heavy atom. The number of nitro groups is 1. The van der Waals surface area contributed by atoms with E-state index in [-0.39, 0.29) is 30.3 Å². The van der Waals surface area contributed by atoms with Crippen molar-refractivity contribution in [3.8, 4) is 0 Å². The third-order valence-corrected chi connectivity index (χ3v) is 8.00. The number of benzene rings is 2. The second-order valence-electron chi connectivity index (χ2n) is 11.1. The van der Waals surface area contributed by atoms with Gasteiger partial charge in [-0.05, 0) is 62.4 Å². The molecule has 1 amide bonds. The second kappa shape index (κ2) is 12.6. The number of ether oxygens (including phenoxy) is 1. The lowest BCUT2D eigenvalue weighted by molar-refractivity contribution is -0.388. The minimum atomic E-state index is -4.82. The van der Waals surface area contributed by atoms with Crippen LogP contribution < -0.4 is 5.32 Å². The SMILES string of the molecule is Cc1ccc2ccc(CN3CCN(C(=O)COC4CCC(Nc5ccc([N+](=O)[O-])c(C(F)(F)F)c5)CC4)CC3)nc2c1. The molecular weight excluding hydrogens is 551 g/mol. The zero-order valence-corrected chi connectivity index (χ0v) is 23.4. The van der Waals surface area contributed by atoms with Crippen LogP contribution in [0.15, 0.2) is 48.5 Å². The molecule has 5 rings (SSSR count). The highest BCUT2D eigenvalue weighted by atomic mass is 19.4. The van der Waals surface area contributed by atoms with Gasteiger partial charge in [-0.2, -0.15) is 13.2 Å². The van der Waals surface area contributed by atoms with Crippen molar-refractivity contribution in [2.75, 3.05) is 38.1 Å². The number of nitrogens with one attached hydrogen (secondary N) is 1. The van der Waals surface area contributed by atoms with Crippen LogP contribution in [-0.2, 0) is 22.3 Å². The average molecular weight is 586 g/mol. The lowest BCUT2D eigenvalue weighted by Gasteiger charge is -2.35. The van der Waals surface area contributed by atoms with E-state index >= 15 is 0 Å². The summed E-state index contributed by atoms with van der Waals surface area (Å²) in [7, 11) is 0. The Balaban J connectivity index is 1.03. The average Bonchev–Trinajstić information content (AvgIpc) is 2.96. The molecule has 1 aliphatic carbocycles. The predicted molar refractivity (Wildman–Crippen MR) is 152 cm³/mol. The molecule has 1 N–H and O–H groups in total. The number of amides is 1. The molecule has 0 unspecified atom stereocenters. The van der Waals surface area contributed by atoms with Crippen LogP contribution in [-0.4, -0.2) is 70.5 Å². The van der Waals surface area contributed by atoms with Crippen molar-refractivity contribution in [3.63, 3.8) is 0 Å². The Kier molecular flexibility index (Phi) is 8.93. The molecule has 2 fully saturated rings. The van der Waals surface area contributed by atoms with Crippen LogP contribution in [0.5, 0.6) is 0 Å². The molecule has 0 spiro atoms. The number of carbonyl (C=O) groups excluding carboxylic acids is 1. The highest BCUT2D eigenvalue weighted by molar-refractivity contribution is 5.79. The number of anilines is 1. The van der Waals surface area contributed by atoms with Gasteiger partial charge in [0.1, 0.15) is 12.2 Å². The van der Waals surface area contributed by atoms with E-state index in [2.05, 4.69) is 47.5 Å². The topological polar surface area (TPSA) is 101 Å². The standard InChI is InChI=1S/C30H34F3N5O4/c1-20-2-3-21-4-5-24(35-27(21)16-20)18-36-12-14-37(15-13-36)29(39)19-42-25-9-6-22(7-10-25)34-23-8-11-28(38(40)41)26(17-23)30(31,32)33/h2-5,8,11,16-17,22,25,34H,6-7,9-10,12-15,18-19H2,1H3. The monoisotopic (exact) mass is 585 g/mol. The van der Waals surface area contributed by atoms with E-state index in [9.17, 15) is 28.1 Å². The molecular formula is C30H34F3N5O4. The zero-order valence-electron chi connectivity index (χ0n) is 23.4. The number of fused-ring (bicyclic) bond motifs is 1. The van der Waals surface area contributed by atoms with E-state index in [1.165, 1.54) is 11.6 Å². The van der Waals surface area contributed by atoms with Gasteiger partial charge in [-0.15, -0.1) is 0 Å². The van der Waals surface area contributed by atoms with Gasteiger partial charge in [-0.3, -0.25) is 24.8 Å². The van der Waals surface area contributed by atoms with Gasteiger partial charge in [0, 0.05) is 55.9 Å². The fourth-order valence-electron chi connectivity index (χ4n) is 5.64. The van der Waals surface area contributed by atoms with E-state index in [0.29, 0.717) is 38.8 Å². The predicted octanol–water partition coefficient (Wildman–Crippen LogP) is 5.55. The summed E-state index contributed by atoms with van der Waals surface area (Å²) in [5.74, 6) is -0.0419. The van der Waals surface area contributed by atoms with E-state index in [1.807, 2.05) is 4.90 Å². The highest BCUT2D eigenvalue weighted by Crippen LogP contribution is 2.38. The summed E-state index contributed by atoms with van der Waals surface area (Å²) in [5.41, 5.74) is 1.14. The van der Waals surface area contributed by atoms with Crippen LogP contribution in [0.2, 0.25) is 0 Å². The number of aryl methyl sites for hydroxylation is 1. The summed E-state index contributed by atoms with van der Waals surface area (Å²) in [6.07, 6.45) is -2.29. The largest absolute Gasteiger partial charge is 0.423 e. The molecule has 1 saturated carbocycles. The third-order valence-electron chi connectivity index (χ3n) is 8.00. The van der Waals surface area contributed by atoms with Crippen molar-refractivity contribution in [2.24, 2.45) is 0 Å². The first-order valence-electron chi connectivity index (χ1n) is 14.2. The van der Waals surface area contributed by atoms with Gasteiger partial charge in [0.05, 0.1) is 22.2 Å². The molecule has 9 nitrogen and oxygen atoms in total. The van der Waals surface area contributed by atoms with Gasteiger partial charge in [-0.1, -0.05) is 18.2 Å². The number of hydrogen-bond acceptors (Lipinski definition) is 7. The Hall–Kier alpha value is -3.77. The minimum Gasteiger partial charge on any atom is -0.382 e. The summed E-state index contributed by atoms with van der Waals surface area (Å²) in [4.78, 5) is 31.7. The van der Waals surface area contributed by atoms with Crippen LogP contribution in [0.25, 0.3) is 10.9 Å². The number of halogens is 3. The number of aromatic nitrogens is 1. The first-order valence-corrected chi connectivity index (χ1v) is 14.2. The summed E-state index contributed by atoms with van der Waals surface area (Å²) >= 11 is 0. The zero-order chi connectivity index (χ0) is 29.9. The van der Waals surface area contributed by atoms with Gasteiger partial charge in [0.2, 0.25) is 5.91 Å². The van der Waals surface area contributed by atoms with Crippen molar-refractivity contribution >= 4 is 28.2 Å². The lowest BCUT2D eigenvalue weighted by atomic mass is 9.92. The summed E-state index contributed by atoms with van der Waals surface area (Å²) in [6.45, 7) is 5.56. The molecule has 2 heterocycles. The number of nitrogens with zero attached hydrogens (tertiary/aromatic N) is 4. The number of nitro benzene ring substituents is 1. The molecule has 0 radical (unpaired) electrons. The molecule has 2 aliphatic rings. The van der Waals surface area contributed by atoms with Crippen LogP contribution >= 0.6 is 0 Å². The fraction of sp³-hybridized carbons (Fsp3) is 0.467. The van der Waals surface area contributed by atoms with Crippen LogP contribution in [0.3, 0.4) is 0 Å². The maximum atomic E-state index is 13.3. The van der Waals surface area contributed by atoms with E-state index in [1.54, 1.807) is 0 Å². The molecule has 0 atom stereocenters. The number of alkyl halides is 3. The van der Waals surface area contributed by atoms with E-state index < -0.39 is 22.4 Å². The molecule has 224 valence electrons. The van der Waals surface area contributed by atoms with Gasteiger partial charge in [0.25, 0.3) is 5.69 Å². The van der Waals surface area contributed by atoms with Crippen molar-refractivity contribution < 1.29 is 27.6 Å². The van der Waals surface area contributed by atoms with Crippen molar-refractivity contribution in [3.05, 3.63) is 75.5 Å². The summed E-state index contributed by atoms with van der Waals surface area (Å²) in [5, 5.41) is 15.2. The Labute approximate surface area is 241 Å². The smallest absolute Gasteiger partial charge is 0.382 e. The highest BCUT2D eigenvalue weighted by Gasteiger charge is 2.38. The normalized spacial score (nSPS) is 20.0. The number of piperazine rings is 1. The van der Waals surface area contributed by atoms with Crippen LogP contribution in [0.4, 0.5) is 24.5 Å². The number of hydrogen-bond donors (Lipinski definition) is 1. The number of carbonyl (C=O) groups is 1. The van der Waals surface area contributed by atoms with E-state index in [0.717, 1.165) is 48.4 Å². The fourth-order valence-corrected chi connectivity index (χ4v) is 5.64. The lowest BCUT2D eigenvalue weighted by Crippen LogP contribution is -2.49. The molecule has 42 heavy (non-hydrogen) atoms. The molecule has 1 aliphatic heterocycles. The maximum absolute atomic E-state index is 13.3. The molecule has 3 aromatic rings. The third kappa shape index (κ3) is 7.35. The van der Waals surface area contributed by atoms with Crippen molar-refractivity contribution in [2.45, 2.75) is 57.5 Å².